The van der Waals surface area contributed by atoms with Crippen LogP contribution in [0.4, 0.5) is 0 Å². The van der Waals surface area contributed by atoms with Crippen LogP contribution in [0.5, 0.6) is 0 Å². The normalized spacial score (nSPS) is 12.4. The summed E-state index contributed by atoms with van der Waals surface area (Å²) in [6.45, 7) is 5.94. The van der Waals surface area contributed by atoms with E-state index >= 15 is 0 Å². The second-order valence-electron chi connectivity index (χ2n) is 4.59. The second-order valence-corrected chi connectivity index (χ2v) is 4.59. The predicted octanol–water partition coefficient (Wildman–Crippen LogP) is 4.72. The van der Waals surface area contributed by atoms with E-state index in [9.17, 15) is 5.11 Å². The van der Waals surface area contributed by atoms with Gasteiger partial charge in [0.15, 0.2) is 0 Å². The van der Waals surface area contributed by atoms with Crippen LogP contribution in [-0.4, -0.2) is 5.11 Å². The van der Waals surface area contributed by atoms with Gasteiger partial charge in [-0.3, -0.25) is 0 Å². The van der Waals surface area contributed by atoms with E-state index in [1.807, 2.05) is 30.3 Å². The maximum atomic E-state index is 10.0. The topological polar surface area (TPSA) is 20.2 Å². The molecule has 0 fully saturated rings. The Balaban J connectivity index is 2.30. The van der Waals surface area contributed by atoms with Crippen molar-refractivity contribution in [1.29, 1.82) is 0 Å². The van der Waals surface area contributed by atoms with Gasteiger partial charge in [0, 0.05) is 0 Å². The van der Waals surface area contributed by atoms with Gasteiger partial charge in [-0.25, -0.2) is 0 Å². The molecule has 0 aliphatic carbocycles. The molecule has 0 aromatic heterocycles. The molecule has 0 saturated heterocycles. The number of rotatable bonds is 8. The molecule has 1 atom stereocenters. The first-order chi connectivity index (χ1) is 8.27. The van der Waals surface area contributed by atoms with E-state index in [0.717, 1.165) is 24.0 Å². The molecule has 0 saturated carbocycles. The standard InChI is InChI=1S/C16H24O/c1-3-5-6-7-8-9-16(17)15-12-10-14(4-2)11-13-15/h4,10-13,16-17H,2-3,5-9H2,1H3. The molecule has 0 aliphatic rings. The minimum atomic E-state index is -0.310. The number of hydrogen-bond donors (Lipinski definition) is 1. The van der Waals surface area contributed by atoms with E-state index in [0.29, 0.717) is 0 Å². The summed E-state index contributed by atoms with van der Waals surface area (Å²) in [5, 5.41) is 10.0. The van der Waals surface area contributed by atoms with Crippen LogP contribution in [0.3, 0.4) is 0 Å². The molecule has 1 nitrogen and oxygen atoms in total. The summed E-state index contributed by atoms with van der Waals surface area (Å²) in [4.78, 5) is 0. The smallest absolute Gasteiger partial charge is 0.0790 e. The summed E-state index contributed by atoms with van der Waals surface area (Å²) in [5.41, 5.74) is 2.12. The van der Waals surface area contributed by atoms with Crippen molar-refractivity contribution in [3.63, 3.8) is 0 Å². The third-order valence-electron chi connectivity index (χ3n) is 3.14. The lowest BCUT2D eigenvalue weighted by Gasteiger charge is -2.11. The number of unbranched alkanes of at least 4 members (excludes halogenated alkanes) is 4. The molecule has 1 aromatic rings. The van der Waals surface area contributed by atoms with Crippen LogP contribution in [0.1, 0.15) is 62.7 Å². The zero-order chi connectivity index (χ0) is 12.5. The van der Waals surface area contributed by atoms with Crippen LogP contribution in [0, 0.1) is 0 Å². The van der Waals surface area contributed by atoms with E-state index in [1.54, 1.807) is 0 Å². The molecule has 1 aromatic carbocycles. The van der Waals surface area contributed by atoms with Gasteiger partial charge in [-0.15, -0.1) is 0 Å². The molecule has 0 amide bonds. The van der Waals surface area contributed by atoms with Gasteiger partial charge >= 0.3 is 0 Å². The van der Waals surface area contributed by atoms with E-state index in [1.165, 1.54) is 25.7 Å². The largest absolute Gasteiger partial charge is 0.388 e. The van der Waals surface area contributed by atoms with Gasteiger partial charge in [0.2, 0.25) is 0 Å². The Morgan fingerprint density at radius 3 is 2.35 bits per heavy atom. The Morgan fingerprint density at radius 1 is 1.12 bits per heavy atom. The van der Waals surface area contributed by atoms with E-state index in [2.05, 4.69) is 13.5 Å². The first-order valence-corrected chi connectivity index (χ1v) is 6.68. The number of aliphatic hydroxyl groups is 1. The van der Waals surface area contributed by atoms with E-state index < -0.39 is 0 Å². The minimum Gasteiger partial charge on any atom is -0.388 e. The van der Waals surface area contributed by atoms with Crippen molar-refractivity contribution in [2.75, 3.05) is 0 Å². The number of hydrogen-bond acceptors (Lipinski definition) is 1. The maximum Gasteiger partial charge on any atom is 0.0790 e. The van der Waals surface area contributed by atoms with Crippen LogP contribution >= 0.6 is 0 Å². The molecule has 0 heterocycles. The Morgan fingerprint density at radius 2 is 1.76 bits per heavy atom. The highest BCUT2D eigenvalue weighted by atomic mass is 16.3. The molecular weight excluding hydrogens is 208 g/mol. The Hall–Kier alpha value is -1.08. The van der Waals surface area contributed by atoms with Gasteiger partial charge in [0.1, 0.15) is 0 Å². The average Bonchev–Trinajstić information content (AvgIpc) is 2.38. The molecule has 1 N–H and O–H groups in total. The summed E-state index contributed by atoms with van der Waals surface area (Å²) in [6.07, 6.45) is 8.60. The minimum absolute atomic E-state index is 0.310. The Bertz CT molecular complexity index is 313. The number of aliphatic hydroxyl groups excluding tert-OH is 1. The highest BCUT2D eigenvalue weighted by Crippen LogP contribution is 2.20. The van der Waals surface area contributed by atoms with Crippen molar-refractivity contribution in [2.45, 2.75) is 51.6 Å². The molecule has 0 bridgehead atoms. The molecule has 1 heteroatoms. The molecule has 0 spiro atoms. The first-order valence-electron chi connectivity index (χ1n) is 6.68. The lowest BCUT2D eigenvalue weighted by Crippen LogP contribution is -1.97. The summed E-state index contributed by atoms with van der Waals surface area (Å²) >= 11 is 0. The van der Waals surface area contributed by atoms with Crippen LogP contribution in [0.25, 0.3) is 6.08 Å². The van der Waals surface area contributed by atoms with Crippen LogP contribution in [-0.2, 0) is 0 Å². The third-order valence-corrected chi connectivity index (χ3v) is 3.14. The quantitative estimate of drug-likeness (QED) is 0.643. The van der Waals surface area contributed by atoms with Crippen LogP contribution < -0.4 is 0 Å². The summed E-state index contributed by atoms with van der Waals surface area (Å²) in [7, 11) is 0. The van der Waals surface area contributed by atoms with Gasteiger partial charge in [0.05, 0.1) is 6.10 Å². The SMILES string of the molecule is C=Cc1ccc(C(O)CCCCCCC)cc1. The first kappa shape index (κ1) is 14.0. The van der Waals surface area contributed by atoms with Gasteiger partial charge in [-0.2, -0.15) is 0 Å². The van der Waals surface area contributed by atoms with Crippen LogP contribution in [0.2, 0.25) is 0 Å². The molecule has 17 heavy (non-hydrogen) atoms. The lowest BCUT2D eigenvalue weighted by molar-refractivity contribution is 0.163. The third kappa shape index (κ3) is 5.18. The van der Waals surface area contributed by atoms with Crippen molar-refractivity contribution in [2.24, 2.45) is 0 Å². The highest BCUT2D eigenvalue weighted by molar-refractivity contribution is 5.47. The zero-order valence-corrected chi connectivity index (χ0v) is 10.9. The van der Waals surface area contributed by atoms with Gasteiger partial charge in [-0.1, -0.05) is 75.9 Å². The van der Waals surface area contributed by atoms with Crippen molar-refractivity contribution >= 4 is 6.08 Å². The van der Waals surface area contributed by atoms with Crippen molar-refractivity contribution in [3.05, 3.63) is 42.0 Å². The molecule has 94 valence electrons. The van der Waals surface area contributed by atoms with Gasteiger partial charge < -0.3 is 5.11 Å². The van der Waals surface area contributed by atoms with E-state index in [4.69, 9.17) is 0 Å². The van der Waals surface area contributed by atoms with E-state index in [-0.39, 0.29) is 6.10 Å². The van der Waals surface area contributed by atoms with Crippen molar-refractivity contribution in [3.8, 4) is 0 Å². The Kier molecular flexibility index (Phi) is 6.64. The predicted molar refractivity (Wildman–Crippen MR) is 74.9 cm³/mol. The fourth-order valence-electron chi connectivity index (χ4n) is 1.96. The van der Waals surface area contributed by atoms with Crippen LogP contribution in [0.15, 0.2) is 30.8 Å². The van der Waals surface area contributed by atoms with Gasteiger partial charge in [-0.05, 0) is 17.5 Å². The van der Waals surface area contributed by atoms with Crippen molar-refractivity contribution in [1.82, 2.24) is 0 Å². The van der Waals surface area contributed by atoms with Gasteiger partial charge in [0.25, 0.3) is 0 Å². The number of benzene rings is 1. The maximum absolute atomic E-state index is 10.0. The molecular formula is C16H24O. The van der Waals surface area contributed by atoms with Crippen molar-refractivity contribution < 1.29 is 5.11 Å². The fourth-order valence-corrected chi connectivity index (χ4v) is 1.96. The fraction of sp³-hybridized carbons (Fsp3) is 0.500. The second kappa shape index (κ2) is 8.08. The Labute approximate surface area is 105 Å². The average molecular weight is 232 g/mol. The lowest BCUT2D eigenvalue weighted by atomic mass is 10.0. The summed E-state index contributed by atoms with van der Waals surface area (Å²) in [6, 6.07) is 7.99. The highest BCUT2D eigenvalue weighted by Gasteiger charge is 2.06. The summed E-state index contributed by atoms with van der Waals surface area (Å²) < 4.78 is 0. The zero-order valence-electron chi connectivity index (χ0n) is 10.9. The molecule has 0 radical (unpaired) electrons. The monoisotopic (exact) mass is 232 g/mol. The summed E-state index contributed by atoms with van der Waals surface area (Å²) in [5.74, 6) is 0. The molecule has 1 rings (SSSR count). The molecule has 0 aliphatic heterocycles. The molecule has 1 unspecified atom stereocenters.